The lowest BCUT2D eigenvalue weighted by Gasteiger charge is -2.35. The molecule has 0 aromatic carbocycles. The molecule has 1 aliphatic rings. The van der Waals surface area contributed by atoms with Gasteiger partial charge >= 0.3 is 0 Å². The highest BCUT2D eigenvalue weighted by atomic mass is 35.5. The molecule has 1 aromatic heterocycles. The lowest BCUT2D eigenvalue weighted by atomic mass is 9.89. The fourth-order valence-electron chi connectivity index (χ4n) is 2.19. The third-order valence-electron chi connectivity index (χ3n) is 3.25. The van der Waals surface area contributed by atoms with Gasteiger partial charge in [0.05, 0.1) is 11.1 Å². The van der Waals surface area contributed by atoms with Crippen LogP contribution < -0.4 is 10.6 Å². The molecule has 5 nitrogen and oxygen atoms in total. The van der Waals surface area contributed by atoms with Crippen LogP contribution in [-0.4, -0.2) is 36.2 Å². The number of aromatic nitrogens is 1. The van der Waals surface area contributed by atoms with Crippen molar-refractivity contribution < 1.29 is 9.53 Å². The van der Waals surface area contributed by atoms with Crippen LogP contribution in [0, 0.1) is 0 Å². The highest BCUT2D eigenvalue weighted by Crippen LogP contribution is 2.24. The number of amides is 1. The molecule has 2 rings (SSSR count). The van der Waals surface area contributed by atoms with Crippen LogP contribution in [0.2, 0.25) is 5.02 Å². The van der Waals surface area contributed by atoms with Crippen LogP contribution in [0.5, 0.6) is 0 Å². The summed E-state index contributed by atoms with van der Waals surface area (Å²) in [5, 5.41) is 6.37. The van der Waals surface area contributed by atoms with E-state index in [0.717, 1.165) is 19.4 Å². The number of ether oxygens (including phenoxy) is 1. The van der Waals surface area contributed by atoms with Crippen LogP contribution in [0.15, 0.2) is 12.1 Å². The summed E-state index contributed by atoms with van der Waals surface area (Å²) in [6.45, 7) is 5.40. The Bertz CT molecular complexity index is 475. The molecule has 0 radical (unpaired) electrons. The quantitative estimate of drug-likeness (QED) is 0.847. The number of nitrogens with zero attached hydrogens (tertiary/aromatic N) is 1. The molecule has 1 aliphatic carbocycles. The first-order valence-corrected chi connectivity index (χ1v) is 7.34. The number of rotatable bonds is 6. The van der Waals surface area contributed by atoms with Gasteiger partial charge in [0.1, 0.15) is 11.5 Å². The summed E-state index contributed by atoms with van der Waals surface area (Å²) in [7, 11) is 0. The molecule has 0 unspecified atom stereocenters. The molecule has 0 spiro atoms. The molecular formula is C14H20ClN3O2. The van der Waals surface area contributed by atoms with Crippen molar-refractivity contribution in [2.24, 2.45) is 0 Å². The third-order valence-corrected chi connectivity index (χ3v) is 3.56. The molecular weight excluding hydrogens is 278 g/mol. The van der Waals surface area contributed by atoms with Crippen LogP contribution in [0.25, 0.3) is 0 Å². The Balaban J connectivity index is 1.94. The van der Waals surface area contributed by atoms with Gasteiger partial charge in [-0.15, -0.1) is 0 Å². The predicted octanol–water partition coefficient (Wildman–Crippen LogP) is 2.46. The summed E-state index contributed by atoms with van der Waals surface area (Å²) in [5.41, 5.74) is 0.268. The van der Waals surface area contributed by atoms with Gasteiger partial charge in [-0.2, -0.15) is 0 Å². The predicted molar refractivity (Wildman–Crippen MR) is 79.3 cm³/mol. The zero-order valence-corrected chi connectivity index (χ0v) is 12.5. The summed E-state index contributed by atoms with van der Waals surface area (Å²) < 4.78 is 5.47. The lowest BCUT2D eigenvalue weighted by Crippen LogP contribution is -2.48. The number of nitrogens with one attached hydrogen (secondary N) is 2. The van der Waals surface area contributed by atoms with Crippen molar-refractivity contribution in [3.8, 4) is 0 Å². The van der Waals surface area contributed by atoms with Crippen molar-refractivity contribution in [1.29, 1.82) is 0 Å². The molecule has 1 aromatic rings. The highest BCUT2D eigenvalue weighted by Gasteiger charge is 2.31. The number of pyridine rings is 1. The Morgan fingerprint density at radius 3 is 2.85 bits per heavy atom. The van der Waals surface area contributed by atoms with Crippen molar-refractivity contribution in [2.75, 3.05) is 18.5 Å². The van der Waals surface area contributed by atoms with E-state index in [4.69, 9.17) is 16.3 Å². The van der Waals surface area contributed by atoms with E-state index in [1.165, 1.54) is 0 Å². The number of halogens is 1. The maximum atomic E-state index is 12.2. The Morgan fingerprint density at radius 1 is 1.45 bits per heavy atom. The molecule has 0 aliphatic heterocycles. The van der Waals surface area contributed by atoms with E-state index >= 15 is 0 Å². The Labute approximate surface area is 124 Å². The first kappa shape index (κ1) is 15.1. The number of carbonyl (C=O) groups is 1. The van der Waals surface area contributed by atoms with Crippen LogP contribution in [0.4, 0.5) is 5.82 Å². The lowest BCUT2D eigenvalue weighted by molar-refractivity contribution is -0.00866. The third kappa shape index (κ3) is 3.61. The normalized spacial score (nSPS) is 21.1. The smallest absolute Gasteiger partial charge is 0.271 e. The van der Waals surface area contributed by atoms with E-state index in [1.807, 2.05) is 13.8 Å². The average Bonchev–Trinajstić information content (AvgIpc) is 2.38. The second-order valence-electron chi connectivity index (χ2n) is 4.78. The maximum Gasteiger partial charge on any atom is 0.271 e. The van der Waals surface area contributed by atoms with E-state index in [1.54, 1.807) is 12.1 Å². The first-order chi connectivity index (χ1) is 9.63. The van der Waals surface area contributed by atoms with Crippen LogP contribution in [0.1, 0.15) is 37.2 Å². The standard InChI is InChI=1S/C14H20ClN3O2/c1-3-16-12-6-5-11(15)13(18-12)14(19)17-9-7-10(8-9)20-4-2/h5-6,9-10H,3-4,7-8H2,1-2H3,(H,16,18)(H,17,19). The SMILES string of the molecule is CCNc1ccc(Cl)c(C(=O)NC2CC(OCC)C2)n1. The summed E-state index contributed by atoms with van der Waals surface area (Å²) in [4.78, 5) is 16.4. The molecule has 20 heavy (non-hydrogen) atoms. The van der Waals surface area contributed by atoms with Gasteiger partial charge < -0.3 is 15.4 Å². The van der Waals surface area contributed by atoms with E-state index in [2.05, 4.69) is 15.6 Å². The van der Waals surface area contributed by atoms with Gasteiger partial charge in [0.15, 0.2) is 0 Å². The minimum absolute atomic E-state index is 0.153. The molecule has 2 N–H and O–H groups in total. The van der Waals surface area contributed by atoms with Gasteiger partial charge in [-0.05, 0) is 38.8 Å². The highest BCUT2D eigenvalue weighted by molar-refractivity contribution is 6.33. The van der Waals surface area contributed by atoms with E-state index in [-0.39, 0.29) is 23.7 Å². The zero-order valence-electron chi connectivity index (χ0n) is 11.8. The van der Waals surface area contributed by atoms with Crippen molar-refractivity contribution in [1.82, 2.24) is 10.3 Å². The summed E-state index contributed by atoms with van der Waals surface area (Å²) in [5.74, 6) is 0.428. The topological polar surface area (TPSA) is 63.2 Å². The van der Waals surface area contributed by atoms with Crippen molar-refractivity contribution >= 4 is 23.3 Å². The number of carbonyl (C=O) groups excluding carboxylic acids is 1. The maximum absolute atomic E-state index is 12.2. The largest absolute Gasteiger partial charge is 0.378 e. The second kappa shape index (κ2) is 6.90. The molecule has 110 valence electrons. The minimum atomic E-state index is -0.227. The Hall–Kier alpha value is -1.33. The van der Waals surface area contributed by atoms with Gasteiger partial charge in [0, 0.05) is 19.2 Å². The Kier molecular flexibility index (Phi) is 5.20. The monoisotopic (exact) mass is 297 g/mol. The van der Waals surface area contributed by atoms with Crippen LogP contribution in [0.3, 0.4) is 0 Å². The van der Waals surface area contributed by atoms with Gasteiger partial charge in [-0.1, -0.05) is 11.6 Å². The zero-order chi connectivity index (χ0) is 14.5. The number of anilines is 1. The molecule has 1 amide bonds. The number of hydrogen-bond donors (Lipinski definition) is 2. The van der Waals surface area contributed by atoms with Crippen LogP contribution >= 0.6 is 11.6 Å². The molecule has 0 saturated heterocycles. The molecule has 1 heterocycles. The summed E-state index contributed by atoms with van der Waals surface area (Å²) in [6.07, 6.45) is 1.97. The van der Waals surface area contributed by atoms with Crippen molar-refractivity contribution in [3.63, 3.8) is 0 Å². The average molecular weight is 298 g/mol. The first-order valence-electron chi connectivity index (χ1n) is 6.96. The van der Waals surface area contributed by atoms with Crippen molar-refractivity contribution in [3.05, 3.63) is 22.8 Å². The molecule has 0 bridgehead atoms. The summed E-state index contributed by atoms with van der Waals surface area (Å²) in [6, 6.07) is 3.60. The van der Waals surface area contributed by atoms with Gasteiger partial charge in [-0.3, -0.25) is 4.79 Å². The van der Waals surface area contributed by atoms with Gasteiger partial charge in [0.2, 0.25) is 0 Å². The minimum Gasteiger partial charge on any atom is -0.378 e. The molecule has 0 atom stereocenters. The fourth-order valence-corrected chi connectivity index (χ4v) is 2.38. The second-order valence-corrected chi connectivity index (χ2v) is 5.18. The molecule has 6 heteroatoms. The Morgan fingerprint density at radius 2 is 2.20 bits per heavy atom. The van der Waals surface area contributed by atoms with Crippen LogP contribution in [-0.2, 0) is 4.74 Å². The van der Waals surface area contributed by atoms with Gasteiger partial charge in [-0.25, -0.2) is 4.98 Å². The molecule has 1 saturated carbocycles. The van der Waals surface area contributed by atoms with Crippen molar-refractivity contribution in [2.45, 2.75) is 38.8 Å². The number of hydrogen-bond acceptors (Lipinski definition) is 4. The van der Waals surface area contributed by atoms with Gasteiger partial charge in [0.25, 0.3) is 5.91 Å². The molecule has 1 fully saturated rings. The fraction of sp³-hybridized carbons (Fsp3) is 0.571. The van der Waals surface area contributed by atoms with E-state index in [0.29, 0.717) is 17.4 Å². The summed E-state index contributed by atoms with van der Waals surface area (Å²) >= 11 is 6.04. The van der Waals surface area contributed by atoms with E-state index in [9.17, 15) is 4.79 Å². The van der Waals surface area contributed by atoms with E-state index < -0.39 is 0 Å².